The predicted octanol–water partition coefficient (Wildman–Crippen LogP) is 1.84. The number of fused-ring (bicyclic) bond motifs is 1. The lowest BCUT2D eigenvalue weighted by atomic mass is 10.1. The Kier molecular flexibility index (Phi) is 5.09. The molecule has 1 aromatic heterocycles. The molecule has 2 aliphatic heterocycles. The van der Waals surface area contributed by atoms with Crippen molar-refractivity contribution in [3.63, 3.8) is 0 Å². The van der Waals surface area contributed by atoms with Gasteiger partial charge in [-0.1, -0.05) is 0 Å². The van der Waals surface area contributed by atoms with E-state index in [2.05, 4.69) is 5.32 Å². The fraction of sp³-hybridized carbons (Fsp3) is 0.368. The highest BCUT2D eigenvalue weighted by molar-refractivity contribution is 7.89. The van der Waals surface area contributed by atoms with Crippen LogP contribution in [0.5, 0.6) is 5.75 Å². The number of hydrogen-bond acceptors (Lipinski definition) is 6. The van der Waals surface area contributed by atoms with Crippen molar-refractivity contribution in [1.82, 2.24) is 9.21 Å². The topological polar surface area (TPSA) is 96.0 Å². The maximum absolute atomic E-state index is 12.9. The summed E-state index contributed by atoms with van der Waals surface area (Å²) in [6.45, 7) is 4.75. The van der Waals surface area contributed by atoms with Crippen molar-refractivity contribution in [2.24, 2.45) is 0 Å². The van der Waals surface area contributed by atoms with E-state index < -0.39 is 10.0 Å². The first kappa shape index (κ1) is 19.9. The molecule has 154 valence electrons. The zero-order valence-corrected chi connectivity index (χ0v) is 17.7. The fourth-order valence-electron chi connectivity index (χ4n) is 3.53. The van der Waals surface area contributed by atoms with Crippen molar-refractivity contribution in [3.8, 4) is 5.75 Å². The van der Waals surface area contributed by atoms with E-state index in [9.17, 15) is 18.0 Å². The number of nitrogens with zero attached hydrogens (tertiary/aromatic N) is 2. The van der Waals surface area contributed by atoms with Crippen LogP contribution in [0.25, 0.3) is 0 Å². The number of carbonyl (C=O) groups excluding carboxylic acids is 2. The van der Waals surface area contributed by atoms with Gasteiger partial charge in [0, 0.05) is 41.5 Å². The molecule has 1 aromatic carbocycles. The average molecular weight is 436 g/mol. The molecule has 2 aliphatic rings. The number of anilines is 1. The van der Waals surface area contributed by atoms with Crippen molar-refractivity contribution in [2.75, 3.05) is 38.1 Å². The van der Waals surface area contributed by atoms with Gasteiger partial charge in [0.05, 0.1) is 10.6 Å². The van der Waals surface area contributed by atoms with Gasteiger partial charge >= 0.3 is 0 Å². The zero-order chi connectivity index (χ0) is 20.8. The van der Waals surface area contributed by atoms with Gasteiger partial charge in [-0.25, -0.2) is 8.42 Å². The first-order valence-electron chi connectivity index (χ1n) is 9.19. The number of piperazine rings is 1. The Morgan fingerprint density at radius 2 is 1.86 bits per heavy atom. The molecule has 8 nitrogen and oxygen atoms in total. The van der Waals surface area contributed by atoms with Gasteiger partial charge in [0.15, 0.2) is 6.61 Å². The normalized spacial score (nSPS) is 17.4. The third-order valence-corrected chi connectivity index (χ3v) is 8.12. The number of nitrogens with one attached hydrogen (secondary N) is 1. The lowest BCUT2D eigenvalue weighted by molar-refractivity contribution is -0.118. The minimum Gasteiger partial charge on any atom is -0.482 e. The van der Waals surface area contributed by atoms with Crippen LogP contribution in [0.3, 0.4) is 0 Å². The summed E-state index contributed by atoms with van der Waals surface area (Å²) in [4.78, 5) is 28.1. The molecule has 1 N–H and O–H groups in total. The molecular weight excluding hydrogens is 414 g/mol. The molecule has 1 saturated heterocycles. The van der Waals surface area contributed by atoms with E-state index in [0.29, 0.717) is 35.0 Å². The maximum atomic E-state index is 12.9. The van der Waals surface area contributed by atoms with Crippen molar-refractivity contribution >= 4 is 38.9 Å². The molecule has 0 unspecified atom stereocenters. The Bertz CT molecular complexity index is 1090. The van der Waals surface area contributed by atoms with Crippen LogP contribution in [-0.4, -0.2) is 62.2 Å². The summed E-state index contributed by atoms with van der Waals surface area (Å²) < 4.78 is 32.6. The summed E-state index contributed by atoms with van der Waals surface area (Å²) >= 11 is 1.46. The number of ether oxygens (including phenoxy) is 1. The van der Waals surface area contributed by atoms with E-state index >= 15 is 0 Å². The number of hydrogen-bond donors (Lipinski definition) is 1. The number of sulfonamides is 1. The number of benzene rings is 1. The van der Waals surface area contributed by atoms with Gasteiger partial charge in [0.2, 0.25) is 10.0 Å². The Hall–Kier alpha value is -2.43. The number of thiophene rings is 1. The second-order valence-electron chi connectivity index (χ2n) is 7.02. The zero-order valence-electron chi connectivity index (χ0n) is 16.1. The molecule has 10 heteroatoms. The maximum Gasteiger partial charge on any atom is 0.262 e. The van der Waals surface area contributed by atoms with Crippen LogP contribution in [0, 0.1) is 13.8 Å². The smallest absolute Gasteiger partial charge is 0.262 e. The molecule has 3 heterocycles. The Morgan fingerprint density at radius 1 is 1.14 bits per heavy atom. The molecule has 0 spiro atoms. The molecule has 0 radical (unpaired) electrons. The molecule has 0 aliphatic carbocycles. The van der Waals surface area contributed by atoms with E-state index in [-0.39, 0.29) is 31.5 Å². The highest BCUT2D eigenvalue weighted by atomic mass is 32.2. The standard InChI is InChI=1S/C19H21N3O5S2/c1-12-9-17(13(2)28-12)29(25,26)22-7-5-21(6-8-22)19(24)14-3-4-16-15(10-14)20-18(23)11-27-16/h3-4,9-10H,5-8,11H2,1-2H3,(H,20,23). The lowest BCUT2D eigenvalue weighted by Gasteiger charge is -2.34. The van der Waals surface area contributed by atoms with E-state index in [0.717, 1.165) is 9.75 Å². The van der Waals surface area contributed by atoms with Gasteiger partial charge < -0.3 is 15.0 Å². The molecule has 0 atom stereocenters. The Morgan fingerprint density at radius 3 is 2.52 bits per heavy atom. The van der Waals surface area contributed by atoms with Crippen LogP contribution in [0.1, 0.15) is 20.1 Å². The number of aryl methyl sites for hydroxylation is 2. The van der Waals surface area contributed by atoms with Crippen LogP contribution in [0.2, 0.25) is 0 Å². The third-order valence-electron chi connectivity index (χ3n) is 5.00. The van der Waals surface area contributed by atoms with Gasteiger partial charge in [0.1, 0.15) is 5.75 Å². The summed E-state index contributed by atoms with van der Waals surface area (Å²) in [6, 6.07) is 6.61. The Balaban J connectivity index is 1.46. The number of carbonyl (C=O) groups is 2. The summed E-state index contributed by atoms with van der Waals surface area (Å²) in [6.07, 6.45) is 0. The first-order chi connectivity index (χ1) is 13.8. The van der Waals surface area contributed by atoms with E-state index in [1.807, 2.05) is 13.8 Å². The molecular formula is C19H21N3O5S2. The molecule has 2 aromatic rings. The van der Waals surface area contributed by atoms with Crippen molar-refractivity contribution in [3.05, 3.63) is 39.6 Å². The van der Waals surface area contributed by atoms with Gasteiger partial charge in [-0.05, 0) is 38.1 Å². The highest BCUT2D eigenvalue weighted by Gasteiger charge is 2.32. The van der Waals surface area contributed by atoms with Crippen LogP contribution in [0.15, 0.2) is 29.2 Å². The van der Waals surface area contributed by atoms with Crippen LogP contribution >= 0.6 is 11.3 Å². The van der Waals surface area contributed by atoms with E-state index in [4.69, 9.17) is 4.74 Å². The van der Waals surface area contributed by atoms with Crippen molar-refractivity contribution in [1.29, 1.82) is 0 Å². The second-order valence-corrected chi connectivity index (χ2v) is 10.4. The van der Waals surface area contributed by atoms with Gasteiger partial charge in [-0.2, -0.15) is 4.31 Å². The molecule has 4 rings (SSSR count). The highest BCUT2D eigenvalue weighted by Crippen LogP contribution is 2.30. The lowest BCUT2D eigenvalue weighted by Crippen LogP contribution is -2.50. The monoisotopic (exact) mass is 435 g/mol. The van der Waals surface area contributed by atoms with Crippen molar-refractivity contribution in [2.45, 2.75) is 18.7 Å². The van der Waals surface area contributed by atoms with Gasteiger partial charge in [0.25, 0.3) is 11.8 Å². The first-order valence-corrected chi connectivity index (χ1v) is 11.4. The quantitative estimate of drug-likeness (QED) is 0.794. The van der Waals surface area contributed by atoms with Gasteiger partial charge in [-0.3, -0.25) is 9.59 Å². The molecule has 1 fully saturated rings. The largest absolute Gasteiger partial charge is 0.482 e. The van der Waals surface area contributed by atoms with Crippen molar-refractivity contribution < 1.29 is 22.7 Å². The summed E-state index contributed by atoms with van der Waals surface area (Å²) in [5, 5.41) is 2.69. The molecule has 0 saturated carbocycles. The second kappa shape index (κ2) is 7.43. The summed E-state index contributed by atoms with van der Waals surface area (Å²) in [5.74, 6) is 0.0607. The Labute approximate surface area is 173 Å². The number of rotatable bonds is 3. The van der Waals surface area contributed by atoms with Crippen LogP contribution in [0.4, 0.5) is 5.69 Å². The fourth-order valence-corrected chi connectivity index (χ4v) is 6.48. The van der Waals surface area contributed by atoms with E-state index in [1.54, 1.807) is 29.2 Å². The van der Waals surface area contributed by atoms with Gasteiger partial charge in [-0.15, -0.1) is 11.3 Å². The third kappa shape index (κ3) is 3.75. The summed E-state index contributed by atoms with van der Waals surface area (Å²) in [7, 11) is -3.56. The van der Waals surface area contributed by atoms with E-state index in [1.165, 1.54) is 15.6 Å². The minimum atomic E-state index is -3.56. The predicted molar refractivity (Wildman–Crippen MR) is 109 cm³/mol. The number of amides is 2. The SMILES string of the molecule is Cc1cc(S(=O)(=O)N2CCN(C(=O)c3ccc4c(c3)NC(=O)CO4)CC2)c(C)s1. The minimum absolute atomic E-state index is 0.0418. The summed E-state index contributed by atoms with van der Waals surface area (Å²) in [5.41, 5.74) is 0.895. The molecule has 29 heavy (non-hydrogen) atoms. The molecule has 0 bridgehead atoms. The van der Waals surface area contributed by atoms with Crippen LogP contribution in [-0.2, 0) is 14.8 Å². The van der Waals surface area contributed by atoms with Crippen LogP contribution < -0.4 is 10.1 Å². The average Bonchev–Trinajstić information content (AvgIpc) is 3.05. The molecule has 2 amide bonds.